The van der Waals surface area contributed by atoms with Crippen molar-refractivity contribution < 1.29 is 28.2 Å². The first-order valence-electron chi connectivity index (χ1n) is 9.66. The topological polar surface area (TPSA) is 83.3 Å². The van der Waals surface area contributed by atoms with Crippen LogP contribution < -0.4 is 23.8 Å². The van der Waals surface area contributed by atoms with Gasteiger partial charge in [0.25, 0.3) is 5.91 Å². The Bertz CT molecular complexity index is 1210. The number of hydrogen-bond donors (Lipinski definition) is 0. The molecule has 8 nitrogen and oxygen atoms in total. The maximum Gasteiger partial charge on any atom is 0.260 e. The Morgan fingerprint density at radius 3 is 2.34 bits per heavy atom. The molecule has 2 aromatic carbocycles. The van der Waals surface area contributed by atoms with Crippen molar-refractivity contribution in [2.75, 3.05) is 33.3 Å². The average Bonchev–Trinajstić information content (AvgIpc) is 3.49. The van der Waals surface area contributed by atoms with Crippen molar-refractivity contribution in [3.05, 3.63) is 60.1 Å². The van der Waals surface area contributed by atoms with Gasteiger partial charge in [0, 0.05) is 5.56 Å². The Morgan fingerprint density at radius 1 is 1.00 bits per heavy atom. The summed E-state index contributed by atoms with van der Waals surface area (Å²) in [6.07, 6.45) is 1.57. The van der Waals surface area contributed by atoms with Crippen LogP contribution in [0.2, 0.25) is 0 Å². The molecule has 1 amide bonds. The SMILES string of the molecule is COc1ccc2nc(N(Cc3ccco3)C(=O)c3cc(OC)c(OC)c(OC)c3)sc2c1. The van der Waals surface area contributed by atoms with E-state index in [0.717, 1.165) is 16.0 Å². The van der Waals surface area contributed by atoms with Crippen LogP contribution in [0.1, 0.15) is 16.1 Å². The van der Waals surface area contributed by atoms with E-state index in [1.54, 1.807) is 36.5 Å². The number of anilines is 1. The van der Waals surface area contributed by atoms with E-state index in [9.17, 15) is 4.79 Å². The summed E-state index contributed by atoms with van der Waals surface area (Å²) < 4.78 is 27.9. The van der Waals surface area contributed by atoms with Gasteiger partial charge in [0.05, 0.1) is 51.5 Å². The van der Waals surface area contributed by atoms with Crippen molar-refractivity contribution in [3.8, 4) is 23.0 Å². The van der Waals surface area contributed by atoms with Crippen LogP contribution in [0.15, 0.2) is 53.1 Å². The molecule has 0 spiro atoms. The fourth-order valence-corrected chi connectivity index (χ4v) is 4.27. The monoisotopic (exact) mass is 454 g/mol. The molecule has 0 aliphatic rings. The molecule has 0 saturated carbocycles. The molecule has 0 atom stereocenters. The molecule has 2 heterocycles. The first-order valence-corrected chi connectivity index (χ1v) is 10.5. The highest BCUT2D eigenvalue weighted by molar-refractivity contribution is 7.22. The van der Waals surface area contributed by atoms with E-state index < -0.39 is 0 Å². The fourth-order valence-electron chi connectivity index (χ4n) is 3.28. The van der Waals surface area contributed by atoms with Gasteiger partial charge in [-0.2, -0.15) is 0 Å². The minimum absolute atomic E-state index is 0.208. The van der Waals surface area contributed by atoms with Crippen LogP contribution in [-0.2, 0) is 6.54 Å². The maximum absolute atomic E-state index is 13.7. The second kappa shape index (κ2) is 9.19. The third-order valence-corrected chi connectivity index (χ3v) is 5.91. The van der Waals surface area contributed by atoms with Crippen LogP contribution in [0.25, 0.3) is 10.2 Å². The number of nitrogens with zero attached hydrogens (tertiary/aromatic N) is 2. The van der Waals surface area contributed by atoms with Crippen LogP contribution >= 0.6 is 11.3 Å². The largest absolute Gasteiger partial charge is 0.497 e. The maximum atomic E-state index is 13.7. The number of fused-ring (bicyclic) bond motifs is 1. The summed E-state index contributed by atoms with van der Waals surface area (Å²) in [6.45, 7) is 0.208. The lowest BCUT2D eigenvalue weighted by Gasteiger charge is -2.20. The van der Waals surface area contributed by atoms with Crippen molar-refractivity contribution in [1.82, 2.24) is 4.98 Å². The Labute approximate surface area is 188 Å². The van der Waals surface area contributed by atoms with Gasteiger partial charge in [-0.3, -0.25) is 9.69 Å². The average molecular weight is 455 g/mol. The predicted octanol–water partition coefficient (Wildman–Crippen LogP) is 4.77. The zero-order chi connectivity index (χ0) is 22.7. The Balaban J connectivity index is 1.79. The highest BCUT2D eigenvalue weighted by atomic mass is 32.1. The number of carbonyl (C=O) groups excluding carboxylic acids is 1. The van der Waals surface area contributed by atoms with Gasteiger partial charge in [0.15, 0.2) is 16.6 Å². The zero-order valence-electron chi connectivity index (χ0n) is 18.1. The van der Waals surface area contributed by atoms with Gasteiger partial charge in [-0.15, -0.1) is 0 Å². The molecule has 0 unspecified atom stereocenters. The molecule has 9 heteroatoms. The van der Waals surface area contributed by atoms with E-state index in [1.807, 2.05) is 24.3 Å². The number of carbonyl (C=O) groups is 1. The smallest absolute Gasteiger partial charge is 0.260 e. The summed E-state index contributed by atoms with van der Waals surface area (Å²) in [6, 6.07) is 12.4. The van der Waals surface area contributed by atoms with Gasteiger partial charge in [0.1, 0.15) is 11.5 Å². The first kappa shape index (κ1) is 21.5. The van der Waals surface area contributed by atoms with Gasteiger partial charge in [0.2, 0.25) is 5.75 Å². The standard InChI is InChI=1S/C23H22N2O6S/c1-27-15-7-8-17-20(12-15)32-23(24-17)25(13-16-6-5-9-31-16)22(26)14-10-18(28-2)21(30-4)19(11-14)29-3/h5-12H,13H2,1-4H3. The molecular formula is C23H22N2O6S. The molecule has 32 heavy (non-hydrogen) atoms. The number of amides is 1. The van der Waals surface area contributed by atoms with Gasteiger partial charge in [-0.1, -0.05) is 11.3 Å². The van der Waals surface area contributed by atoms with E-state index in [0.29, 0.717) is 33.7 Å². The second-order valence-electron chi connectivity index (χ2n) is 6.71. The molecule has 0 radical (unpaired) electrons. The number of rotatable bonds is 8. The van der Waals surface area contributed by atoms with Crippen LogP contribution in [0.4, 0.5) is 5.13 Å². The highest BCUT2D eigenvalue weighted by Crippen LogP contribution is 2.39. The van der Waals surface area contributed by atoms with Crippen LogP contribution in [0, 0.1) is 0 Å². The third-order valence-electron chi connectivity index (χ3n) is 4.87. The zero-order valence-corrected chi connectivity index (χ0v) is 18.9. The van der Waals surface area contributed by atoms with E-state index in [4.69, 9.17) is 23.4 Å². The summed E-state index contributed by atoms with van der Waals surface area (Å²) in [5.74, 6) is 2.26. The summed E-state index contributed by atoms with van der Waals surface area (Å²) in [5.41, 5.74) is 1.14. The number of ether oxygens (including phenoxy) is 4. The molecule has 166 valence electrons. The lowest BCUT2D eigenvalue weighted by Crippen LogP contribution is -2.30. The number of thiazole rings is 1. The van der Waals surface area contributed by atoms with E-state index in [2.05, 4.69) is 4.98 Å². The highest BCUT2D eigenvalue weighted by Gasteiger charge is 2.25. The molecule has 0 aliphatic carbocycles. The lowest BCUT2D eigenvalue weighted by molar-refractivity contribution is 0.0982. The summed E-state index contributed by atoms with van der Waals surface area (Å²) >= 11 is 1.39. The van der Waals surface area contributed by atoms with Crippen LogP contribution in [0.3, 0.4) is 0 Å². The Kier molecular flexibility index (Phi) is 6.18. The van der Waals surface area contributed by atoms with E-state index in [-0.39, 0.29) is 12.5 Å². The lowest BCUT2D eigenvalue weighted by atomic mass is 10.1. The minimum atomic E-state index is -0.285. The number of aromatic nitrogens is 1. The molecule has 0 saturated heterocycles. The van der Waals surface area contributed by atoms with Gasteiger partial charge < -0.3 is 23.4 Å². The fraction of sp³-hybridized carbons (Fsp3) is 0.217. The quantitative estimate of drug-likeness (QED) is 0.379. The molecule has 0 N–H and O–H groups in total. The van der Waals surface area contributed by atoms with Gasteiger partial charge >= 0.3 is 0 Å². The van der Waals surface area contributed by atoms with Crippen LogP contribution in [0.5, 0.6) is 23.0 Å². The third kappa shape index (κ3) is 4.06. The van der Waals surface area contributed by atoms with Crippen molar-refractivity contribution in [3.63, 3.8) is 0 Å². The number of benzene rings is 2. The summed E-state index contributed by atoms with van der Waals surface area (Å²) in [5, 5.41) is 0.531. The normalized spacial score (nSPS) is 10.8. The molecular weight excluding hydrogens is 432 g/mol. The molecule has 4 rings (SSSR count). The molecule has 0 aliphatic heterocycles. The Morgan fingerprint density at radius 2 is 1.75 bits per heavy atom. The van der Waals surface area contributed by atoms with Crippen molar-refractivity contribution in [2.45, 2.75) is 6.54 Å². The minimum Gasteiger partial charge on any atom is -0.497 e. The Hall–Kier alpha value is -3.72. The molecule has 2 aromatic heterocycles. The van der Waals surface area contributed by atoms with Crippen molar-refractivity contribution >= 4 is 32.6 Å². The van der Waals surface area contributed by atoms with Crippen LogP contribution in [-0.4, -0.2) is 39.3 Å². The summed E-state index contributed by atoms with van der Waals surface area (Å²) in [7, 11) is 6.14. The molecule has 4 aromatic rings. The summed E-state index contributed by atoms with van der Waals surface area (Å²) in [4.78, 5) is 19.9. The van der Waals surface area contributed by atoms with Gasteiger partial charge in [-0.25, -0.2) is 4.98 Å². The van der Waals surface area contributed by atoms with Crippen molar-refractivity contribution in [1.29, 1.82) is 0 Å². The van der Waals surface area contributed by atoms with E-state index in [1.165, 1.54) is 32.7 Å². The second-order valence-corrected chi connectivity index (χ2v) is 7.72. The van der Waals surface area contributed by atoms with E-state index >= 15 is 0 Å². The number of methoxy groups -OCH3 is 4. The number of hydrogen-bond acceptors (Lipinski definition) is 8. The first-order chi connectivity index (χ1) is 15.6. The number of furan rings is 1. The molecule has 0 fully saturated rings. The molecule has 0 bridgehead atoms. The van der Waals surface area contributed by atoms with Crippen molar-refractivity contribution in [2.24, 2.45) is 0 Å². The predicted molar refractivity (Wildman–Crippen MR) is 121 cm³/mol. The van der Waals surface area contributed by atoms with Gasteiger partial charge in [-0.05, 0) is 42.5 Å².